The Labute approximate surface area is 90.3 Å². The summed E-state index contributed by atoms with van der Waals surface area (Å²) in [6.45, 7) is 0.629. The molecule has 2 rings (SSSR count). The average molecular weight is 232 g/mol. The molecule has 1 aliphatic rings. The number of alkyl halides is 3. The lowest BCUT2D eigenvalue weighted by atomic mass is 9.90. The topological polar surface area (TPSA) is 45.2 Å². The highest BCUT2D eigenvalue weighted by molar-refractivity contribution is 5.32. The highest BCUT2D eigenvalue weighted by Gasteiger charge is 2.42. The monoisotopic (exact) mass is 232 g/mol. The average Bonchev–Trinajstić information content (AvgIpc) is 2.65. The Morgan fingerprint density at radius 2 is 2.19 bits per heavy atom. The zero-order chi connectivity index (χ0) is 11.8. The fourth-order valence-corrected chi connectivity index (χ4v) is 1.92. The van der Waals surface area contributed by atoms with E-state index in [4.69, 9.17) is 0 Å². The summed E-state index contributed by atoms with van der Waals surface area (Å²) < 4.78 is 38.1. The number of aromatic nitrogens is 1. The molecule has 1 unspecified atom stereocenters. The number of rotatable bonds is 1. The second kappa shape index (κ2) is 3.71. The summed E-state index contributed by atoms with van der Waals surface area (Å²) in [6, 6.07) is 0.894. The van der Waals surface area contributed by atoms with E-state index in [0.29, 0.717) is 6.54 Å². The molecule has 1 aromatic rings. The van der Waals surface area contributed by atoms with Gasteiger partial charge in [0, 0.05) is 24.5 Å². The number of pyridine rings is 1. The quantitative estimate of drug-likeness (QED) is 0.766. The Bertz CT molecular complexity index is 386. The van der Waals surface area contributed by atoms with Crippen molar-refractivity contribution >= 4 is 0 Å². The van der Waals surface area contributed by atoms with Crippen LogP contribution in [-0.4, -0.2) is 23.2 Å². The Balaban J connectivity index is 2.48. The second-order valence-corrected chi connectivity index (χ2v) is 3.88. The molecule has 1 fully saturated rings. The van der Waals surface area contributed by atoms with Gasteiger partial charge in [0.05, 0.1) is 5.56 Å². The van der Waals surface area contributed by atoms with Crippen molar-refractivity contribution in [3.8, 4) is 0 Å². The molecule has 2 heterocycles. The van der Waals surface area contributed by atoms with Crippen molar-refractivity contribution in [2.75, 3.05) is 13.1 Å². The Morgan fingerprint density at radius 3 is 2.75 bits per heavy atom. The first-order chi connectivity index (χ1) is 7.43. The van der Waals surface area contributed by atoms with E-state index in [1.165, 1.54) is 0 Å². The Hall–Kier alpha value is -1.14. The van der Waals surface area contributed by atoms with Gasteiger partial charge < -0.3 is 10.4 Å². The van der Waals surface area contributed by atoms with Gasteiger partial charge in [-0.15, -0.1) is 0 Å². The summed E-state index contributed by atoms with van der Waals surface area (Å²) in [5, 5.41) is 12.9. The minimum atomic E-state index is -4.46. The summed E-state index contributed by atoms with van der Waals surface area (Å²) in [5.41, 5.74) is -2.42. The van der Waals surface area contributed by atoms with Crippen LogP contribution in [0.5, 0.6) is 0 Å². The van der Waals surface area contributed by atoms with Crippen LogP contribution in [-0.2, 0) is 11.8 Å². The second-order valence-electron chi connectivity index (χ2n) is 3.88. The van der Waals surface area contributed by atoms with Crippen LogP contribution in [0.15, 0.2) is 18.5 Å². The SMILES string of the molecule is OC1(c2cnccc2C(F)(F)F)CCNC1. The van der Waals surface area contributed by atoms with E-state index < -0.39 is 17.3 Å². The first kappa shape index (κ1) is 11.3. The van der Waals surface area contributed by atoms with E-state index in [-0.39, 0.29) is 18.5 Å². The predicted octanol–water partition coefficient (Wildman–Crippen LogP) is 1.28. The predicted molar refractivity (Wildman–Crippen MR) is 50.6 cm³/mol. The van der Waals surface area contributed by atoms with Gasteiger partial charge in [0.25, 0.3) is 0 Å². The van der Waals surface area contributed by atoms with Gasteiger partial charge >= 0.3 is 6.18 Å². The van der Waals surface area contributed by atoms with Crippen LogP contribution in [0.4, 0.5) is 13.2 Å². The molecular formula is C10H11F3N2O. The number of β-amino-alcohol motifs (C(OH)–C–C–N with tert-alkyl or cyclic N) is 1. The van der Waals surface area contributed by atoms with Crippen molar-refractivity contribution in [3.05, 3.63) is 29.6 Å². The lowest BCUT2D eigenvalue weighted by molar-refractivity contribution is -0.140. The van der Waals surface area contributed by atoms with Gasteiger partial charge in [0.15, 0.2) is 0 Å². The molecule has 3 nitrogen and oxygen atoms in total. The number of hydrogen-bond acceptors (Lipinski definition) is 3. The van der Waals surface area contributed by atoms with Crippen LogP contribution in [0.25, 0.3) is 0 Å². The number of nitrogens with one attached hydrogen (secondary N) is 1. The normalized spacial score (nSPS) is 26.0. The summed E-state index contributed by atoms with van der Waals surface area (Å²) >= 11 is 0. The molecule has 0 saturated carbocycles. The third-order valence-corrected chi connectivity index (χ3v) is 2.76. The molecule has 0 aliphatic carbocycles. The highest BCUT2D eigenvalue weighted by Crippen LogP contribution is 2.38. The van der Waals surface area contributed by atoms with Crippen LogP contribution >= 0.6 is 0 Å². The van der Waals surface area contributed by atoms with E-state index in [1.807, 2.05) is 0 Å². The first-order valence-electron chi connectivity index (χ1n) is 4.88. The van der Waals surface area contributed by atoms with Crippen molar-refractivity contribution in [2.24, 2.45) is 0 Å². The first-order valence-corrected chi connectivity index (χ1v) is 4.88. The van der Waals surface area contributed by atoms with Gasteiger partial charge in [-0.2, -0.15) is 13.2 Å². The van der Waals surface area contributed by atoms with Gasteiger partial charge in [-0.25, -0.2) is 0 Å². The molecule has 16 heavy (non-hydrogen) atoms. The molecule has 88 valence electrons. The third-order valence-electron chi connectivity index (χ3n) is 2.76. The Morgan fingerprint density at radius 1 is 1.44 bits per heavy atom. The van der Waals surface area contributed by atoms with Crippen molar-refractivity contribution in [3.63, 3.8) is 0 Å². The van der Waals surface area contributed by atoms with E-state index in [1.54, 1.807) is 0 Å². The summed E-state index contributed by atoms with van der Waals surface area (Å²) in [7, 11) is 0. The molecule has 0 amide bonds. The standard InChI is InChI=1S/C10H11F3N2O/c11-10(12,13)7-1-3-14-5-8(7)9(16)2-4-15-6-9/h1,3,5,15-16H,2,4,6H2. The summed E-state index contributed by atoms with van der Waals surface area (Å²) in [4.78, 5) is 3.66. The van der Waals surface area contributed by atoms with E-state index in [0.717, 1.165) is 18.5 Å². The van der Waals surface area contributed by atoms with Crippen molar-refractivity contribution in [1.82, 2.24) is 10.3 Å². The molecule has 0 spiro atoms. The molecule has 0 aromatic carbocycles. The Kier molecular flexibility index (Phi) is 2.63. The number of halogens is 3. The molecule has 1 aliphatic heterocycles. The van der Waals surface area contributed by atoms with Gasteiger partial charge in [-0.3, -0.25) is 4.98 Å². The lowest BCUT2D eigenvalue weighted by Crippen LogP contribution is -2.31. The summed E-state index contributed by atoms with van der Waals surface area (Å²) in [6.07, 6.45) is -2.02. The van der Waals surface area contributed by atoms with E-state index in [2.05, 4.69) is 10.3 Å². The maximum absolute atomic E-state index is 12.7. The van der Waals surface area contributed by atoms with E-state index >= 15 is 0 Å². The zero-order valence-electron chi connectivity index (χ0n) is 8.38. The highest BCUT2D eigenvalue weighted by atomic mass is 19.4. The zero-order valence-corrected chi connectivity index (χ0v) is 8.38. The molecule has 1 saturated heterocycles. The minimum absolute atomic E-state index is 0.127. The molecule has 2 N–H and O–H groups in total. The van der Waals surface area contributed by atoms with Crippen LogP contribution in [0.3, 0.4) is 0 Å². The largest absolute Gasteiger partial charge is 0.416 e. The molecular weight excluding hydrogens is 221 g/mol. The van der Waals surface area contributed by atoms with Gasteiger partial charge in [-0.1, -0.05) is 0 Å². The molecule has 6 heteroatoms. The smallest absolute Gasteiger partial charge is 0.384 e. The maximum Gasteiger partial charge on any atom is 0.416 e. The van der Waals surface area contributed by atoms with Crippen LogP contribution in [0, 0.1) is 0 Å². The van der Waals surface area contributed by atoms with Crippen LogP contribution in [0.1, 0.15) is 17.5 Å². The van der Waals surface area contributed by atoms with Crippen molar-refractivity contribution in [2.45, 2.75) is 18.2 Å². The van der Waals surface area contributed by atoms with Crippen molar-refractivity contribution in [1.29, 1.82) is 0 Å². The summed E-state index contributed by atoms with van der Waals surface area (Å²) in [5.74, 6) is 0. The van der Waals surface area contributed by atoms with Crippen LogP contribution < -0.4 is 5.32 Å². The number of aliphatic hydroxyl groups is 1. The fraction of sp³-hybridized carbons (Fsp3) is 0.500. The minimum Gasteiger partial charge on any atom is -0.384 e. The molecule has 0 bridgehead atoms. The van der Waals surface area contributed by atoms with Crippen molar-refractivity contribution < 1.29 is 18.3 Å². The van der Waals surface area contributed by atoms with Gasteiger partial charge in [0.2, 0.25) is 0 Å². The third kappa shape index (κ3) is 1.90. The van der Waals surface area contributed by atoms with E-state index in [9.17, 15) is 18.3 Å². The molecule has 1 atom stereocenters. The molecule has 0 radical (unpaired) electrons. The number of hydrogen-bond donors (Lipinski definition) is 2. The van der Waals surface area contributed by atoms with Gasteiger partial charge in [0.1, 0.15) is 5.60 Å². The number of nitrogens with zero attached hydrogens (tertiary/aromatic N) is 1. The van der Waals surface area contributed by atoms with Crippen LogP contribution in [0.2, 0.25) is 0 Å². The fourth-order valence-electron chi connectivity index (χ4n) is 1.92. The van der Waals surface area contributed by atoms with Gasteiger partial charge in [-0.05, 0) is 19.0 Å². The molecule has 1 aromatic heterocycles. The maximum atomic E-state index is 12.7. The lowest BCUT2D eigenvalue weighted by Gasteiger charge is -2.25.